The maximum atomic E-state index is 3.47. The minimum Gasteiger partial charge on any atom is -0.317 e. The van der Waals surface area contributed by atoms with Gasteiger partial charge in [-0.15, -0.1) is 0 Å². The summed E-state index contributed by atoms with van der Waals surface area (Å²) in [7, 11) is 0. The topological polar surface area (TPSA) is 12.0 Å². The number of aryl methyl sites for hydroxylation is 1. The first-order valence-corrected chi connectivity index (χ1v) is 7.51. The summed E-state index contributed by atoms with van der Waals surface area (Å²) in [6.45, 7) is 4.60. The Bertz CT molecular complexity index is 333. The van der Waals surface area contributed by atoms with E-state index in [-0.39, 0.29) is 17.1 Å². The summed E-state index contributed by atoms with van der Waals surface area (Å²) < 4.78 is 0. The van der Waals surface area contributed by atoms with E-state index in [4.69, 9.17) is 0 Å². The van der Waals surface area contributed by atoms with Crippen LogP contribution in [0.4, 0.5) is 0 Å². The zero-order chi connectivity index (χ0) is 13.6. The molecule has 0 bridgehead atoms. The molecular formula is C18H27FeN. The van der Waals surface area contributed by atoms with Crippen molar-refractivity contribution in [2.45, 2.75) is 39.0 Å². The van der Waals surface area contributed by atoms with Gasteiger partial charge in [-0.05, 0) is 25.9 Å². The van der Waals surface area contributed by atoms with E-state index < -0.39 is 0 Å². The number of hydrogen-bond donors (Lipinski definition) is 1. The molecule has 0 saturated heterocycles. The van der Waals surface area contributed by atoms with Crippen LogP contribution in [0.3, 0.4) is 0 Å². The van der Waals surface area contributed by atoms with Crippen molar-refractivity contribution in [1.29, 1.82) is 0 Å². The van der Waals surface area contributed by atoms with Crippen LogP contribution in [0.15, 0.2) is 54.6 Å². The Morgan fingerprint density at radius 3 is 2.10 bits per heavy atom. The van der Waals surface area contributed by atoms with Crippen molar-refractivity contribution >= 4 is 0 Å². The number of nitrogens with one attached hydrogen (secondary N) is 1. The Labute approximate surface area is 135 Å². The zero-order valence-electron chi connectivity index (χ0n) is 12.5. The summed E-state index contributed by atoms with van der Waals surface area (Å²) in [4.78, 5) is 0. The van der Waals surface area contributed by atoms with E-state index in [1.807, 2.05) is 30.3 Å². The zero-order valence-corrected chi connectivity index (χ0v) is 13.6. The predicted molar refractivity (Wildman–Crippen MR) is 84.8 cm³/mol. The maximum Gasteiger partial charge on any atom is 2.00 e. The fourth-order valence-corrected chi connectivity index (χ4v) is 1.91. The van der Waals surface area contributed by atoms with Gasteiger partial charge in [-0.3, -0.25) is 0 Å². The van der Waals surface area contributed by atoms with Crippen LogP contribution in [-0.4, -0.2) is 13.1 Å². The van der Waals surface area contributed by atoms with Crippen LogP contribution in [0.5, 0.6) is 0 Å². The molecule has 0 aromatic heterocycles. The average Bonchev–Trinajstić information content (AvgIpc) is 3.13. The van der Waals surface area contributed by atoms with Gasteiger partial charge in [0.15, 0.2) is 0 Å². The fraction of sp³-hybridized carbons (Fsp3) is 0.444. The second-order valence-electron chi connectivity index (χ2n) is 4.82. The van der Waals surface area contributed by atoms with Gasteiger partial charge in [0.25, 0.3) is 0 Å². The molecule has 112 valence electrons. The Kier molecular flexibility index (Phi) is 14.0. The smallest absolute Gasteiger partial charge is 0.317 e. The summed E-state index contributed by atoms with van der Waals surface area (Å²) in [5.41, 5.74) is 1.48. The Morgan fingerprint density at radius 2 is 1.55 bits per heavy atom. The molecule has 0 spiro atoms. The molecule has 2 aromatic rings. The molecule has 2 heteroatoms. The molecule has 1 N–H and O–H groups in total. The van der Waals surface area contributed by atoms with Crippen LogP contribution < -0.4 is 5.32 Å². The molecule has 0 atom stereocenters. The van der Waals surface area contributed by atoms with Crippen molar-refractivity contribution in [2.75, 3.05) is 13.1 Å². The van der Waals surface area contributed by atoms with Crippen LogP contribution in [0.1, 0.15) is 38.2 Å². The van der Waals surface area contributed by atoms with Gasteiger partial charge in [-0.2, -0.15) is 35.9 Å². The van der Waals surface area contributed by atoms with E-state index in [9.17, 15) is 0 Å². The molecule has 2 aromatic carbocycles. The van der Waals surface area contributed by atoms with E-state index in [1.54, 1.807) is 0 Å². The number of unbranched alkanes of at least 4 members (excludes halogenated alkanes) is 2. The number of rotatable bonds is 8. The van der Waals surface area contributed by atoms with Crippen molar-refractivity contribution in [3.05, 3.63) is 60.2 Å². The molecule has 0 saturated carbocycles. The fourth-order valence-electron chi connectivity index (χ4n) is 1.91. The van der Waals surface area contributed by atoms with Gasteiger partial charge in [0.05, 0.1) is 0 Å². The molecule has 0 unspecified atom stereocenters. The van der Waals surface area contributed by atoms with E-state index in [2.05, 4.69) is 36.5 Å². The molecule has 0 aliphatic heterocycles. The van der Waals surface area contributed by atoms with Crippen molar-refractivity contribution in [2.24, 2.45) is 0 Å². The number of hydrogen-bond acceptors (Lipinski definition) is 1. The molecule has 2 rings (SSSR count). The first kappa shape index (κ1) is 19.2. The Balaban J connectivity index is 0.000000507. The van der Waals surface area contributed by atoms with Crippen LogP contribution in [0.25, 0.3) is 0 Å². The average molecular weight is 313 g/mol. The third kappa shape index (κ3) is 11.0. The van der Waals surface area contributed by atoms with Gasteiger partial charge in [0, 0.05) is 0 Å². The van der Waals surface area contributed by atoms with E-state index in [1.165, 1.54) is 50.8 Å². The third-order valence-corrected chi connectivity index (χ3v) is 3.06. The van der Waals surface area contributed by atoms with E-state index in [0.29, 0.717) is 0 Å². The van der Waals surface area contributed by atoms with Crippen LogP contribution >= 0.6 is 0 Å². The summed E-state index contributed by atoms with van der Waals surface area (Å²) in [6.07, 6.45) is 6.45. The molecular weight excluding hydrogens is 286 g/mol. The summed E-state index contributed by atoms with van der Waals surface area (Å²) in [6, 6.07) is 18.7. The minimum absolute atomic E-state index is 0. The summed E-state index contributed by atoms with van der Waals surface area (Å²) in [5, 5.41) is 3.47. The van der Waals surface area contributed by atoms with Gasteiger partial charge >= 0.3 is 17.1 Å². The van der Waals surface area contributed by atoms with E-state index in [0.717, 1.165) is 0 Å². The predicted octanol–water partition coefficient (Wildman–Crippen LogP) is 4.52. The standard InChI is InChI=1S/C13H22N.C5H5.Fe/c1-2-3-11-14-12-7-6-10-13-8-4-5-9-13;1-2-4-5-3-1;/h4-5,8-9,14H,2-3,6-7,10-12H2,1H3;1-5H;/q2*-1;+2. The molecule has 1 nitrogen and oxygen atoms in total. The first-order valence-electron chi connectivity index (χ1n) is 7.51. The molecule has 0 aliphatic rings. The maximum absolute atomic E-state index is 3.47. The Morgan fingerprint density at radius 1 is 0.900 bits per heavy atom. The van der Waals surface area contributed by atoms with Gasteiger partial charge < -0.3 is 5.32 Å². The van der Waals surface area contributed by atoms with Crippen molar-refractivity contribution in [1.82, 2.24) is 5.32 Å². The molecule has 0 aliphatic carbocycles. The SMILES string of the molecule is CCCCNCCCC[c-]1cccc1.[Fe+2].c1cc[cH-]c1. The van der Waals surface area contributed by atoms with Crippen LogP contribution in [0, 0.1) is 0 Å². The molecule has 0 fully saturated rings. The monoisotopic (exact) mass is 313 g/mol. The third-order valence-electron chi connectivity index (χ3n) is 3.06. The Hall–Kier alpha value is -0.821. The van der Waals surface area contributed by atoms with Crippen molar-refractivity contribution < 1.29 is 17.1 Å². The second-order valence-corrected chi connectivity index (χ2v) is 4.82. The minimum atomic E-state index is 0. The van der Waals surface area contributed by atoms with Crippen LogP contribution in [0.2, 0.25) is 0 Å². The van der Waals surface area contributed by atoms with Gasteiger partial charge in [-0.25, -0.2) is 24.3 Å². The van der Waals surface area contributed by atoms with Crippen molar-refractivity contribution in [3.8, 4) is 0 Å². The quantitative estimate of drug-likeness (QED) is 0.429. The molecule has 0 heterocycles. The van der Waals surface area contributed by atoms with Gasteiger partial charge in [0.2, 0.25) is 0 Å². The van der Waals surface area contributed by atoms with Gasteiger partial charge in [-0.1, -0.05) is 26.2 Å². The summed E-state index contributed by atoms with van der Waals surface area (Å²) in [5.74, 6) is 0. The van der Waals surface area contributed by atoms with Crippen molar-refractivity contribution in [3.63, 3.8) is 0 Å². The molecule has 20 heavy (non-hydrogen) atoms. The van der Waals surface area contributed by atoms with Gasteiger partial charge in [0.1, 0.15) is 0 Å². The normalized spacial score (nSPS) is 9.45. The second kappa shape index (κ2) is 14.6. The first-order chi connectivity index (χ1) is 9.43. The van der Waals surface area contributed by atoms with E-state index >= 15 is 0 Å². The molecule has 0 amide bonds. The summed E-state index contributed by atoms with van der Waals surface area (Å²) >= 11 is 0. The van der Waals surface area contributed by atoms with Crippen LogP contribution in [-0.2, 0) is 23.5 Å². The largest absolute Gasteiger partial charge is 2.00 e. The molecule has 0 radical (unpaired) electrons.